The average Bonchev–Trinajstić information content (AvgIpc) is 2.83. The lowest BCUT2D eigenvalue weighted by atomic mass is 10.1. The van der Waals surface area contributed by atoms with Gasteiger partial charge in [0.15, 0.2) is 0 Å². The first kappa shape index (κ1) is 13.8. The Hall–Kier alpha value is -3.15. The van der Waals surface area contributed by atoms with Crippen molar-refractivity contribution in [2.24, 2.45) is 5.10 Å². The summed E-state index contributed by atoms with van der Waals surface area (Å²) in [4.78, 5) is 13.8. The molecule has 0 fully saturated rings. The van der Waals surface area contributed by atoms with Gasteiger partial charge in [0.1, 0.15) is 5.69 Å². The van der Waals surface area contributed by atoms with Crippen molar-refractivity contribution in [1.82, 2.24) is 4.98 Å². The van der Waals surface area contributed by atoms with Crippen molar-refractivity contribution in [3.63, 3.8) is 0 Å². The highest BCUT2D eigenvalue weighted by atomic mass is 16.6. The van der Waals surface area contributed by atoms with Crippen LogP contribution in [0, 0.1) is 17.0 Å². The summed E-state index contributed by atoms with van der Waals surface area (Å²) in [5, 5.41) is 16.2. The topological polar surface area (TPSA) is 83.3 Å². The number of anilines is 1. The minimum atomic E-state index is -0.436. The second kappa shape index (κ2) is 5.69. The number of fused-ring (bicyclic) bond motifs is 1. The molecule has 6 nitrogen and oxygen atoms in total. The van der Waals surface area contributed by atoms with Gasteiger partial charge in [-0.25, -0.2) is 0 Å². The van der Waals surface area contributed by atoms with Crippen LogP contribution in [0.5, 0.6) is 0 Å². The van der Waals surface area contributed by atoms with E-state index in [1.165, 1.54) is 6.07 Å². The van der Waals surface area contributed by atoms with Crippen molar-refractivity contribution in [2.45, 2.75) is 6.92 Å². The Morgan fingerprint density at radius 1 is 1.18 bits per heavy atom. The maximum atomic E-state index is 11.0. The molecule has 0 saturated heterocycles. The molecule has 2 aromatic carbocycles. The van der Waals surface area contributed by atoms with Crippen LogP contribution in [0.4, 0.5) is 11.4 Å². The molecule has 22 heavy (non-hydrogen) atoms. The summed E-state index contributed by atoms with van der Waals surface area (Å²) in [6.45, 7) is 1.96. The highest BCUT2D eigenvalue weighted by Crippen LogP contribution is 2.23. The van der Waals surface area contributed by atoms with Gasteiger partial charge in [0.25, 0.3) is 5.69 Å². The van der Waals surface area contributed by atoms with E-state index in [2.05, 4.69) is 15.5 Å². The Kier molecular flexibility index (Phi) is 3.57. The maximum Gasteiger partial charge on any atom is 0.294 e. The molecule has 0 spiro atoms. The van der Waals surface area contributed by atoms with Gasteiger partial charge >= 0.3 is 0 Å². The van der Waals surface area contributed by atoms with Crippen molar-refractivity contribution >= 4 is 28.5 Å². The number of aromatic nitrogens is 1. The predicted molar refractivity (Wildman–Crippen MR) is 87.3 cm³/mol. The first-order valence-corrected chi connectivity index (χ1v) is 6.76. The molecule has 0 bridgehead atoms. The summed E-state index contributed by atoms with van der Waals surface area (Å²) in [7, 11) is 0. The van der Waals surface area contributed by atoms with Crippen molar-refractivity contribution in [2.75, 3.05) is 5.43 Å². The Morgan fingerprint density at radius 2 is 1.91 bits per heavy atom. The van der Waals surface area contributed by atoms with Gasteiger partial charge in [-0.3, -0.25) is 15.5 Å². The van der Waals surface area contributed by atoms with Gasteiger partial charge in [-0.15, -0.1) is 0 Å². The number of nitro benzene ring substituents is 1. The summed E-state index contributed by atoms with van der Waals surface area (Å²) in [6.07, 6.45) is 1.67. The molecule has 0 amide bonds. The zero-order chi connectivity index (χ0) is 15.5. The van der Waals surface area contributed by atoms with Gasteiger partial charge in [0.2, 0.25) is 0 Å². The standard InChI is InChI=1S/C16H14N4O2/c1-11-13(12-6-2-3-7-14(12)18-11)10-17-19-15-8-4-5-9-16(15)20(21)22/h2-10,18-19H,1H3/b17-10-. The predicted octanol–water partition coefficient (Wildman–Crippen LogP) is 3.83. The number of benzene rings is 2. The largest absolute Gasteiger partial charge is 0.358 e. The molecular weight excluding hydrogens is 280 g/mol. The molecule has 2 N–H and O–H groups in total. The highest BCUT2D eigenvalue weighted by molar-refractivity contribution is 6.00. The van der Waals surface area contributed by atoms with E-state index in [1.807, 2.05) is 31.2 Å². The summed E-state index contributed by atoms with van der Waals surface area (Å²) in [6, 6.07) is 14.3. The summed E-state index contributed by atoms with van der Waals surface area (Å²) in [5.41, 5.74) is 6.09. The Morgan fingerprint density at radius 3 is 2.73 bits per heavy atom. The summed E-state index contributed by atoms with van der Waals surface area (Å²) < 4.78 is 0. The van der Waals surface area contributed by atoms with Crippen LogP contribution < -0.4 is 5.43 Å². The van der Waals surface area contributed by atoms with Crippen molar-refractivity contribution in [3.8, 4) is 0 Å². The minimum absolute atomic E-state index is 0.00435. The monoisotopic (exact) mass is 294 g/mol. The molecule has 3 rings (SSSR count). The van der Waals surface area contributed by atoms with Crippen LogP contribution in [0.15, 0.2) is 53.6 Å². The van der Waals surface area contributed by atoms with Crippen molar-refractivity contribution in [3.05, 3.63) is 69.9 Å². The van der Waals surface area contributed by atoms with Crippen molar-refractivity contribution in [1.29, 1.82) is 0 Å². The summed E-state index contributed by atoms with van der Waals surface area (Å²) >= 11 is 0. The molecule has 0 aliphatic carbocycles. The van der Waals surface area contributed by atoms with Gasteiger partial charge in [0.05, 0.1) is 11.1 Å². The van der Waals surface area contributed by atoms with E-state index in [0.29, 0.717) is 5.69 Å². The third-order valence-electron chi connectivity index (χ3n) is 3.42. The van der Waals surface area contributed by atoms with E-state index < -0.39 is 4.92 Å². The number of hydrogen-bond acceptors (Lipinski definition) is 4. The lowest BCUT2D eigenvalue weighted by Crippen LogP contribution is -1.96. The van der Waals surface area contributed by atoms with Gasteiger partial charge in [-0.2, -0.15) is 5.10 Å². The molecule has 3 aromatic rings. The Labute approximate surface area is 126 Å². The van der Waals surface area contributed by atoms with Gasteiger partial charge in [-0.1, -0.05) is 30.3 Å². The SMILES string of the molecule is Cc1[nH]c2ccccc2c1/C=N\Nc1ccccc1[N+](=O)[O-]. The van der Waals surface area contributed by atoms with Crippen LogP contribution in [-0.4, -0.2) is 16.1 Å². The number of nitro groups is 1. The molecule has 1 heterocycles. The molecule has 0 aliphatic heterocycles. The van der Waals surface area contributed by atoms with Crippen LogP contribution in [0.3, 0.4) is 0 Å². The van der Waals surface area contributed by atoms with E-state index in [1.54, 1.807) is 24.4 Å². The molecular formula is C16H14N4O2. The third-order valence-corrected chi connectivity index (χ3v) is 3.42. The number of para-hydroxylation sites is 3. The fraction of sp³-hybridized carbons (Fsp3) is 0.0625. The lowest BCUT2D eigenvalue weighted by Gasteiger charge is -2.01. The number of aryl methyl sites for hydroxylation is 1. The molecule has 0 unspecified atom stereocenters. The Balaban J connectivity index is 1.89. The lowest BCUT2D eigenvalue weighted by molar-refractivity contribution is -0.384. The molecule has 6 heteroatoms. The number of hydrogen-bond donors (Lipinski definition) is 2. The van der Waals surface area contributed by atoms with Crippen LogP contribution in [0.1, 0.15) is 11.3 Å². The quantitative estimate of drug-likeness (QED) is 0.436. The number of nitrogens with zero attached hydrogens (tertiary/aromatic N) is 2. The maximum absolute atomic E-state index is 11.0. The Bertz CT molecular complexity index is 867. The summed E-state index contributed by atoms with van der Waals surface area (Å²) in [5.74, 6) is 0. The highest BCUT2D eigenvalue weighted by Gasteiger charge is 2.11. The smallest absolute Gasteiger partial charge is 0.294 e. The number of rotatable bonds is 4. The second-order valence-electron chi connectivity index (χ2n) is 4.85. The van der Waals surface area contributed by atoms with Crippen LogP contribution in [-0.2, 0) is 0 Å². The first-order chi connectivity index (χ1) is 10.7. The third kappa shape index (κ3) is 2.54. The molecule has 0 atom stereocenters. The van der Waals surface area contributed by atoms with Gasteiger partial charge in [0, 0.05) is 28.2 Å². The molecule has 0 saturated carbocycles. The second-order valence-corrected chi connectivity index (χ2v) is 4.85. The molecule has 0 aliphatic rings. The number of aromatic amines is 1. The zero-order valence-corrected chi connectivity index (χ0v) is 11.9. The van der Waals surface area contributed by atoms with E-state index in [9.17, 15) is 10.1 Å². The van der Waals surface area contributed by atoms with Crippen LogP contribution in [0.25, 0.3) is 10.9 Å². The molecule has 110 valence electrons. The zero-order valence-electron chi connectivity index (χ0n) is 11.9. The molecule has 1 aromatic heterocycles. The van der Waals surface area contributed by atoms with E-state index in [4.69, 9.17) is 0 Å². The van der Waals surface area contributed by atoms with E-state index in [-0.39, 0.29) is 5.69 Å². The normalized spacial score (nSPS) is 11.1. The molecule has 0 radical (unpaired) electrons. The van der Waals surface area contributed by atoms with Crippen LogP contribution in [0.2, 0.25) is 0 Å². The number of H-pyrrole nitrogens is 1. The fourth-order valence-electron chi connectivity index (χ4n) is 2.36. The van der Waals surface area contributed by atoms with Gasteiger partial charge < -0.3 is 4.98 Å². The minimum Gasteiger partial charge on any atom is -0.358 e. The number of nitrogens with one attached hydrogen (secondary N) is 2. The van der Waals surface area contributed by atoms with Crippen LogP contribution >= 0.6 is 0 Å². The van der Waals surface area contributed by atoms with Gasteiger partial charge in [-0.05, 0) is 19.1 Å². The first-order valence-electron chi connectivity index (χ1n) is 6.76. The average molecular weight is 294 g/mol. The van der Waals surface area contributed by atoms with E-state index in [0.717, 1.165) is 22.2 Å². The number of hydrazone groups is 1. The fourth-order valence-corrected chi connectivity index (χ4v) is 2.36. The van der Waals surface area contributed by atoms with Crippen molar-refractivity contribution < 1.29 is 4.92 Å². The van der Waals surface area contributed by atoms with E-state index >= 15 is 0 Å².